The van der Waals surface area contributed by atoms with Crippen LogP contribution in [0.25, 0.3) is 0 Å². The summed E-state index contributed by atoms with van der Waals surface area (Å²) in [6, 6.07) is 0. The van der Waals surface area contributed by atoms with Crippen LogP contribution >= 0.6 is 0 Å². The number of hydrogen-bond donors (Lipinski definition) is 3. The zero-order valence-corrected chi connectivity index (χ0v) is 20.7. The maximum Gasteiger partial charge on any atom is 0.0880 e. The molecule has 0 bridgehead atoms. The van der Waals surface area contributed by atoms with Crippen molar-refractivity contribution in [2.45, 2.75) is 111 Å². The molecular formula is C28H48O3. The summed E-state index contributed by atoms with van der Waals surface area (Å²) < 4.78 is 0. The maximum absolute atomic E-state index is 11.9. The number of rotatable bonds is 2. The van der Waals surface area contributed by atoms with Gasteiger partial charge >= 0.3 is 0 Å². The van der Waals surface area contributed by atoms with E-state index in [9.17, 15) is 15.3 Å². The van der Waals surface area contributed by atoms with Gasteiger partial charge in [-0.3, -0.25) is 0 Å². The standard InChI is InChI=1S/C28H48O3/c1-17-7-6-13-25(2)21(17)15-23(30)28(5)22(25)11-10-19-24-18(12-14-26(19,28)3)8-9-20(24)27(4,31)16-29/h17-24,29-31H,6-16H2,1-5H3/t17-,18+,19?,20-,21?,22-,23+,24?,25+,26-,27+,28+/m1/s1. The molecule has 5 fully saturated rings. The van der Waals surface area contributed by atoms with Crippen LogP contribution in [0.4, 0.5) is 0 Å². The summed E-state index contributed by atoms with van der Waals surface area (Å²) in [4.78, 5) is 0. The van der Waals surface area contributed by atoms with Crippen molar-refractivity contribution in [2.75, 3.05) is 6.61 Å². The fourth-order valence-corrected chi connectivity index (χ4v) is 11.1. The van der Waals surface area contributed by atoms with Crippen LogP contribution in [-0.2, 0) is 0 Å². The quantitative estimate of drug-likeness (QED) is 0.546. The minimum Gasteiger partial charge on any atom is -0.393 e. The lowest BCUT2D eigenvalue weighted by Gasteiger charge is -2.72. The predicted molar refractivity (Wildman–Crippen MR) is 124 cm³/mol. The normalized spacial score (nSPS) is 58.5. The summed E-state index contributed by atoms with van der Waals surface area (Å²) in [5, 5.41) is 33.0. The van der Waals surface area contributed by atoms with Gasteiger partial charge in [-0.2, -0.15) is 0 Å². The third kappa shape index (κ3) is 2.81. The molecular weight excluding hydrogens is 384 g/mol. The van der Waals surface area contributed by atoms with Gasteiger partial charge in [-0.1, -0.05) is 40.5 Å². The van der Waals surface area contributed by atoms with Crippen LogP contribution in [-0.4, -0.2) is 33.6 Å². The van der Waals surface area contributed by atoms with Crippen LogP contribution in [0.15, 0.2) is 0 Å². The third-order valence-corrected chi connectivity index (χ3v) is 12.9. The van der Waals surface area contributed by atoms with Crippen molar-refractivity contribution in [1.82, 2.24) is 0 Å². The first-order valence-electron chi connectivity index (χ1n) is 13.5. The molecule has 5 aliphatic rings. The molecule has 3 heteroatoms. The van der Waals surface area contributed by atoms with Gasteiger partial charge < -0.3 is 15.3 Å². The van der Waals surface area contributed by atoms with Crippen LogP contribution in [0, 0.1) is 57.7 Å². The minimum atomic E-state index is -0.976. The van der Waals surface area contributed by atoms with E-state index in [1.54, 1.807) is 0 Å². The fourth-order valence-electron chi connectivity index (χ4n) is 11.1. The SMILES string of the molecule is C[C@@H]1CCC[C@@]2(C)C1C[C@H](O)[C@]1(C)[C@@H]2CCC2C3[C@@H](CC[C@H]3[C@@](C)(O)CO)CC[C@]21C. The molecule has 5 saturated carbocycles. The Labute approximate surface area is 190 Å². The largest absolute Gasteiger partial charge is 0.393 e. The van der Waals surface area contributed by atoms with Crippen molar-refractivity contribution in [3.05, 3.63) is 0 Å². The van der Waals surface area contributed by atoms with E-state index in [0.29, 0.717) is 35.0 Å². The molecule has 0 heterocycles. The predicted octanol–water partition coefficient (Wildman–Crippen LogP) is 5.41. The van der Waals surface area contributed by atoms with E-state index >= 15 is 0 Å². The average Bonchev–Trinajstić information content (AvgIpc) is 3.16. The first-order valence-corrected chi connectivity index (χ1v) is 13.5. The first-order chi connectivity index (χ1) is 14.5. The van der Waals surface area contributed by atoms with E-state index in [4.69, 9.17) is 0 Å². The molecule has 0 aliphatic heterocycles. The summed E-state index contributed by atoms with van der Waals surface area (Å²) in [6.07, 6.45) is 12.0. The minimum absolute atomic E-state index is 0.0403. The Morgan fingerprint density at radius 2 is 1.68 bits per heavy atom. The summed E-state index contributed by atoms with van der Waals surface area (Å²) in [5.41, 5.74) is -0.528. The number of aliphatic hydroxyl groups excluding tert-OH is 2. The molecule has 0 aromatic rings. The molecule has 5 aliphatic carbocycles. The Bertz CT molecular complexity index is 704. The monoisotopic (exact) mass is 432 g/mol. The second-order valence-corrected chi connectivity index (χ2v) is 13.7. The Morgan fingerprint density at radius 1 is 0.935 bits per heavy atom. The molecule has 0 spiro atoms. The van der Waals surface area contributed by atoms with Crippen LogP contribution in [0.3, 0.4) is 0 Å². The van der Waals surface area contributed by atoms with E-state index < -0.39 is 5.60 Å². The van der Waals surface area contributed by atoms with Crippen molar-refractivity contribution >= 4 is 0 Å². The second-order valence-electron chi connectivity index (χ2n) is 13.7. The van der Waals surface area contributed by atoms with Crippen LogP contribution in [0.1, 0.15) is 98.8 Å². The lowest BCUT2D eigenvalue weighted by atomic mass is 9.33. The Balaban J connectivity index is 1.55. The summed E-state index contributed by atoms with van der Waals surface area (Å²) in [5.74, 6) is 3.97. The third-order valence-electron chi connectivity index (χ3n) is 12.9. The van der Waals surface area contributed by atoms with Crippen molar-refractivity contribution in [2.24, 2.45) is 57.7 Å². The van der Waals surface area contributed by atoms with Crippen molar-refractivity contribution < 1.29 is 15.3 Å². The van der Waals surface area contributed by atoms with E-state index in [-0.39, 0.29) is 29.5 Å². The van der Waals surface area contributed by atoms with Crippen LogP contribution in [0.5, 0.6) is 0 Å². The van der Waals surface area contributed by atoms with Gasteiger partial charge in [-0.05, 0) is 111 Å². The van der Waals surface area contributed by atoms with Gasteiger partial charge in [0.2, 0.25) is 0 Å². The summed E-state index contributed by atoms with van der Waals surface area (Å²) >= 11 is 0. The van der Waals surface area contributed by atoms with Gasteiger partial charge in [-0.15, -0.1) is 0 Å². The summed E-state index contributed by atoms with van der Waals surface area (Å²) in [7, 11) is 0. The average molecular weight is 433 g/mol. The van der Waals surface area contributed by atoms with Gasteiger partial charge in [0, 0.05) is 5.41 Å². The van der Waals surface area contributed by atoms with E-state index in [2.05, 4.69) is 27.7 Å². The van der Waals surface area contributed by atoms with Crippen molar-refractivity contribution in [3.8, 4) is 0 Å². The molecule has 12 atom stereocenters. The molecule has 0 aromatic carbocycles. The molecule has 31 heavy (non-hydrogen) atoms. The zero-order chi connectivity index (χ0) is 22.4. The number of hydrogen-bond acceptors (Lipinski definition) is 3. The van der Waals surface area contributed by atoms with Gasteiger partial charge in [0.15, 0.2) is 0 Å². The number of aliphatic hydroxyl groups is 3. The van der Waals surface area contributed by atoms with Gasteiger partial charge in [0.05, 0.1) is 18.3 Å². The van der Waals surface area contributed by atoms with E-state index in [0.717, 1.165) is 18.8 Å². The molecule has 5 rings (SSSR count). The number of fused-ring (bicyclic) bond motifs is 7. The highest BCUT2D eigenvalue weighted by Crippen LogP contribution is 2.75. The highest BCUT2D eigenvalue weighted by molar-refractivity contribution is 5.19. The molecule has 0 saturated heterocycles. The maximum atomic E-state index is 11.9. The Kier molecular flexibility index (Phi) is 5.25. The molecule has 3 N–H and O–H groups in total. The zero-order valence-electron chi connectivity index (χ0n) is 20.7. The fraction of sp³-hybridized carbons (Fsp3) is 1.00. The molecule has 0 aromatic heterocycles. The molecule has 3 nitrogen and oxygen atoms in total. The molecule has 178 valence electrons. The van der Waals surface area contributed by atoms with Gasteiger partial charge in [0.25, 0.3) is 0 Å². The Morgan fingerprint density at radius 3 is 2.39 bits per heavy atom. The van der Waals surface area contributed by atoms with Gasteiger partial charge in [0.1, 0.15) is 0 Å². The second kappa shape index (κ2) is 7.19. The van der Waals surface area contributed by atoms with Crippen LogP contribution in [0.2, 0.25) is 0 Å². The van der Waals surface area contributed by atoms with E-state index in [1.807, 2.05) is 6.92 Å². The molecule has 0 radical (unpaired) electrons. The van der Waals surface area contributed by atoms with Crippen molar-refractivity contribution in [1.29, 1.82) is 0 Å². The van der Waals surface area contributed by atoms with Crippen LogP contribution < -0.4 is 0 Å². The first kappa shape index (κ1) is 22.7. The van der Waals surface area contributed by atoms with Crippen molar-refractivity contribution in [3.63, 3.8) is 0 Å². The summed E-state index contributed by atoms with van der Waals surface area (Å²) in [6.45, 7) is 11.8. The lowest BCUT2D eigenvalue weighted by Crippen LogP contribution is -2.68. The Hall–Kier alpha value is -0.120. The highest BCUT2D eigenvalue weighted by atomic mass is 16.3. The molecule has 3 unspecified atom stereocenters. The smallest absolute Gasteiger partial charge is 0.0880 e. The van der Waals surface area contributed by atoms with E-state index in [1.165, 1.54) is 51.4 Å². The topological polar surface area (TPSA) is 60.7 Å². The lowest BCUT2D eigenvalue weighted by molar-refractivity contribution is -0.265. The highest BCUT2D eigenvalue weighted by Gasteiger charge is 2.70. The van der Waals surface area contributed by atoms with Gasteiger partial charge in [-0.25, -0.2) is 0 Å². The molecule has 0 amide bonds.